The van der Waals surface area contributed by atoms with Crippen molar-refractivity contribution in [2.75, 3.05) is 5.32 Å². The zero-order chi connectivity index (χ0) is 14.5. The molecule has 2 aromatic heterocycles. The Morgan fingerprint density at radius 2 is 2.05 bits per heavy atom. The monoisotopic (exact) mass is 309 g/mol. The van der Waals surface area contributed by atoms with Gasteiger partial charge in [0.2, 0.25) is 0 Å². The highest BCUT2D eigenvalue weighted by molar-refractivity contribution is 7.16. The molecule has 1 atom stereocenters. The predicted octanol–water partition coefficient (Wildman–Crippen LogP) is 4.99. The molecule has 1 N–H and O–H groups in total. The van der Waals surface area contributed by atoms with E-state index in [9.17, 15) is 0 Å². The smallest absolute Gasteiger partial charge is 0.183 e. The number of thiazole rings is 2. The molecule has 0 amide bonds. The van der Waals surface area contributed by atoms with E-state index < -0.39 is 0 Å². The summed E-state index contributed by atoms with van der Waals surface area (Å²) in [5, 5.41) is 7.83. The first kappa shape index (κ1) is 15.4. The van der Waals surface area contributed by atoms with E-state index >= 15 is 0 Å². The number of hydrogen-bond acceptors (Lipinski definition) is 5. The minimum absolute atomic E-state index is 0.469. The number of nitrogens with zero attached hydrogens (tertiary/aromatic N) is 2. The largest absolute Gasteiger partial charge is 0.359 e. The van der Waals surface area contributed by atoms with Crippen LogP contribution in [0.1, 0.15) is 51.2 Å². The number of rotatable bonds is 7. The van der Waals surface area contributed by atoms with E-state index in [-0.39, 0.29) is 0 Å². The molecule has 0 aromatic carbocycles. The topological polar surface area (TPSA) is 37.8 Å². The van der Waals surface area contributed by atoms with E-state index in [4.69, 9.17) is 9.97 Å². The second kappa shape index (κ2) is 7.18. The van der Waals surface area contributed by atoms with Crippen LogP contribution in [0.5, 0.6) is 0 Å². The molecule has 0 saturated carbocycles. The Morgan fingerprint density at radius 3 is 2.70 bits per heavy atom. The zero-order valence-electron chi connectivity index (χ0n) is 12.7. The van der Waals surface area contributed by atoms with Crippen LogP contribution >= 0.6 is 22.7 Å². The highest BCUT2D eigenvalue weighted by atomic mass is 32.1. The summed E-state index contributed by atoms with van der Waals surface area (Å²) in [6.07, 6.45) is 4.28. The molecule has 0 saturated heterocycles. The van der Waals surface area contributed by atoms with Gasteiger partial charge in [-0.05, 0) is 26.2 Å². The van der Waals surface area contributed by atoms with Crippen LogP contribution in [0, 0.1) is 0 Å². The molecule has 0 aliphatic carbocycles. The van der Waals surface area contributed by atoms with Crippen molar-refractivity contribution in [3.05, 3.63) is 16.1 Å². The minimum Gasteiger partial charge on any atom is -0.359 e. The standard InChI is InChI=1S/C15H23N3S2/c1-5-8-11-14(20-13(7-3)17-11)12-9-19-15(18-12)16-10(4)6-2/h9-10H,5-8H2,1-4H3,(H,16,18). The fourth-order valence-electron chi connectivity index (χ4n) is 1.92. The van der Waals surface area contributed by atoms with E-state index in [2.05, 4.69) is 38.4 Å². The summed E-state index contributed by atoms with van der Waals surface area (Å²) >= 11 is 3.48. The van der Waals surface area contributed by atoms with Gasteiger partial charge in [-0.3, -0.25) is 0 Å². The first-order valence-corrected chi connectivity index (χ1v) is 9.08. The first-order valence-electron chi connectivity index (χ1n) is 7.38. The van der Waals surface area contributed by atoms with Crippen LogP contribution in [0.2, 0.25) is 0 Å². The van der Waals surface area contributed by atoms with Crippen molar-refractivity contribution in [1.82, 2.24) is 9.97 Å². The Balaban J connectivity index is 2.24. The second-order valence-corrected chi connectivity index (χ2v) is 6.92. The quantitative estimate of drug-likeness (QED) is 0.782. The molecule has 5 heteroatoms. The maximum atomic E-state index is 4.74. The Bertz CT molecular complexity index is 545. The van der Waals surface area contributed by atoms with Crippen molar-refractivity contribution in [3.8, 4) is 10.6 Å². The van der Waals surface area contributed by atoms with Gasteiger partial charge in [0.05, 0.1) is 21.3 Å². The van der Waals surface area contributed by atoms with Crippen molar-refractivity contribution in [2.45, 2.75) is 59.4 Å². The van der Waals surface area contributed by atoms with Crippen molar-refractivity contribution in [2.24, 2.45) is 0 Å². The van der Waals surface area contributed by atoms with Gasteiger partial charge in [-0.1, -0.05) is 27.2 Å². The van der Waals surface area contributed by atoms with Crippen LogP contribution in [-0.2, 0) is 12.8 Å². The summed E-state index contributed by atoms with van der Waals surface area (Å²) < 4.78 is 0. The maximum absolute atomic E-state index is 4.74. The van der Waals surface area contributed by atoms with Gasteiger partial charge in [-0.25, -0.2) is 9.97 Å². The average molecular weight is 310 g/mol. The number of hydrogen-bond donors (Lipinski definition) is 1. The summed E-state index contributed by atoms with van der Waals surface area (Å²) in [5.41, 5.74) is 2.30. The Labute approximate surface area is 129 Å². The van der Waals surface area contributed by atoms with Crippen molar-refractivity contribution in [3.63, 3.8) is 0 Å². The van der Waals surface area contributed by atoms with E-state index in [1.54, 1.807) is 22.7 Å². The molecule has 110 valence electrons. The molecule has 0 fully saturated rings. The van der Waals surface area contributed by atoms with Gasteiger partial charge in [0, 0.05) is 11.4 Å². The molecule has 2 heterocycles. The maximum Gasteiger partial charge on any atom is 0.183 e. The van der Waals surface area contributed by atoms with Crippen LogP contribution in [0.3, 0.4) is 0 Å². The molecule has 2 aromatic rings. The Morgan fingerprint density at radius 1 is 1.25 bits per heavy atom. The minimum atomic E-state index is 0.469. The van der Waals surface area contributed by atoms with Gasteiger partial charge < -0.3 is 5.32 Å². The normalized spacial score (nSPS) is 12.6. The number of nitrogens with one attached hydrogen (secondary N) is 1. The highest BCUT2D eigenvalue weighted by Gasteiger charge is 2.15. The summed E-state index contributed by atoms with van der Waals surface area (Å²) in [6.45, 7) is 8.73. The molecule has 2 rings (SSSR count). The van der Waals surface area contributed by atoms with Crippen LogP contribution in [0.15, 0.2) is 5.38 Å². The number of anilines is 1. The molecular formula is C15H23N3S2. The molecule has 20 heavy (non-hydrogen) atoms. The van der Waals surface area contributed by atoms with Gasteiger partial charge >= 0.3 is 0 Å². The predicted molar refractivity (Wildman–Crippen MR) is 90.0 cm³/mol. The lowest BCUT2D eigenvalue weighted by atomic mass is 10.2. The van der Waals surface area contributed by atoms with Crippen molar-refractivity contribution < 1.29 is 0 Å². The molecule has 0 aliphatic heterocycles. The van der Waals surface area contributed by atoms with Crippen molar-refractivity contribution in [1.29, 1.82) is 0 Å². The van der Waals surface area contributed by atoms with E-state index in [1.165, 1.54) is 15.6 Å². The third kappa shape index (κ3) is 3.58. The van der Waals surface area contributed by atoms with Crippen LogP contribution in [-0.4, -0.2) is 16.0 Å². The van der Waals surface area contributed by atoms with E-state index in [0.717, 1.165) is 36.5 Å². The number of aromatic nitrogens is 2. The summed E-state index contributed by atoms with van der Waals surface area (Å²) in [4.78, 5) is 10.7. The van der Waals surface area contributed by atoms with Crippen LogP contribution in [0.4, 0.5) is 5.13 Å². The van der Waals surface area contributed by atoms with Gasteiger partial charge in [0.1, 0.15) is 0 Å². The van der Waals surface area contributed by atoms with E-state index in [0.29, 0.717) is 6.04 Å². The SMILES string of the molecule is CCCc1nc(CC)sc1-c1csc(NC(C)CC)n1. The summed E-state index contributed by atoms with van der Waals surface area (Å²) in [6, 6.07) is 0.469. The number of aryl methyl sites for hydroxylation is 2. The molecule has 1 unspecified atom stereocenters. The van der Waals surface area contributed by atoms with Crippen LogP contribution in [0.25, 0.3) is 10.6 Å². The van der Waals surface area contributed by atoms with Gasteiger partial charge in [-0.15, -0.1) is 22.7 Å². The fraction of sp³-hybridized carbons (Fsp3) is 0.600. The lowest BCUT2D eigenvalue weighted by Crippen LogP contribution is -2.12. The fourth-order valence-corrected chi connectivity index (χ4v) is 3.81. The third-order valence-electron chi connectivity index (χ3n) is 3.25. The van der Waals surface area contributed by atoms with Gasteiger partial charge in [0.15, 0.2) is 5.13 Å². The van der Waals surface area contributed by atoms with Crippen molar-refractivity contribution >= 4 is 27.8 Å². The Hall–Kier alpha value is -0.940. The molecule has 0 radical (unpaired) electrons. The molecule has 0 spiro atoms. The molecular weight excluding hydrogens is 286 g/mol. The van der Waals surface area contributed by atoms with Crippen LogP contribution < -0.4 is 5.32 Å². The molecule has 0 bridgehead atoms. The lowest BCUT2D eigenvalue weighted by Gasteiger charge is -2.08. The highest BCUT2D eigenvalue weighted by Crippen LogP contribution is 2.33. The third-order valence-corrected chi connectivity index (χ3v) is 5.29. The van der Waals surface area contributed by atoms with Gasteiger partial charge in [-0.2, -0.15) is 0 Å². The summed E-state index contributed by atoms with van der Waals surface area (Å²) in [7, 11) is 0. The first-order chi connectivity index (χ1) is 9.67. The Kier molecular flexibility index (Phi) is 5.54. The second-order valence-electron chi connectivity index (χ2n) is 4.98. The summed E-state index contributed by atoms with van der Waals surface area (Å²) in [5.74, 6) is 0. The zero-order valence-corrected chi connectivity index (χ0v) is 14.3. The average Bonchev–Trinajstić information content (AvgIpc) is 3.05. The van der Waals surface area contributed by atoms with Gasteiger partial charge in [0.25, 0.3) is 0 Å². The molecule has 3 nitrogen and oxygen atoms in total. The van der Waals surface area contributed by atoms with E-state index in [1.807, 2.05) is 0 Å². The lowest BCUT2D eigenvalue weighted by molar-refractivity contribution is 0.763. The molecule has 0 aliphatic rings.